The first kappa shape index (κ1) is 15.0. The van der Waals surface area contributed by atoms with Crippen molar-refractivity contribution in [2.24, 2.45) is 0 Å². The van der Waals surface area contributed by atoms with Crippen molar-refractivity contribution in [3.05, 3.63) is 35.2 Å². The quantitative estimate of drug-likeness (QED) is 0.400. The second kappa shape index (κ2) is 5.73. The van der Waals surface area contributed by atoms with E-state index in [0.717, 1.165) is 12.2 Å². The summed E-state index contributed by atoms with van der Waals surface area (Å²) in [4.78, 5) is 11.0. The molecule has 1 rings (SSSR count). The van der Waals surface area contributed by atoms with E-state index < -0.39 is 23.5 Å². The molecule has 1 aromatic rings. The van der Waals surface area contributed by atoms with Crippen LogP contribution in [0.5, 0.6) is 0 Å². The van der Waals surface area contributed by atoms with Crippen molar-refractivity contribution >= 4 is 17.7 Å². The molecule has 0 amide bonds. The van der Waals surface area contributed by atoms with Crippen LogP contribution in [0.1, 0.15) is 18.1 Å². The van der Waals surface area contributed by atoms with E-state index in [1.165, 1.54) is 0 Å². The number of hydrogen-bond donors (Lipinski definition) is 1. The lowest BCUT2D eigenvalue weighted by Crippen LogP contribution is -2.09. The Labute approximate surface area is 106 Å². The number of nitrogen functional groups attached to an aromatic ring is 1. The zero-order chi connectivity index (χ0) is 14.6. The van der Waals surface area contributed by atoms with Crippen molar-refractivity contribution in [3.8, 4) is 0 Å². The molecule has 0 radical (unpaired) electrons. The Morgan fingerprint density at radius 1 is 1.42 bits per heavy atom. The first-order chi connectivity index (χ1) is 8.75. The Bertz CT molecular complexity index is 509. The Balaban J connectivity index is 3.12. The maximum atomic E-state index is 13.1. The Kier molecular flexibility index (Phi) is 4.52. The summed E-state index contributed by atoms with van der Waals surface area (Å²) in [5, 5.41) is 0. The molecule has 0 atom stereocenters. The highest BCUT2D eigenvalue weighted by atomic mass is 19.4. The highest BCUT2D eigenvalue weighted by Gasteiger charge is 2.34. The lowest BCUT2D eigenvalue weighted by molar-refractivity contribution is -0.140. The zero-order valence-electron chi connectivity index (χ0n) is 9.92. The Morgan fingerprint density at radius 2 is 2.05 bits per heavy atom. The topological polar surface area (TPSA) is 52.3 Å². The number of anilines is 1. The number of hydrogen-bond acceptors (Lipinski definition) is 3. The van der Waals surface area contributed by atoms with E-state index in [-0.39, 0.29) is 17.9 Å². The van der Waals surface area contributed by atoms with E-state index in [9.17, 15) is 22.4 Å². The fraction of sp³-hybridized carbons (Fsp3) is 0.250. The van der Waals surface area contributed by atoms with Gasteiger partial charge in [0.25, 0.3) is 0 Å². The summed E-state index contributed by atoms with van der Waals surface area (Å²) in [6.45, 7) is 1.72. The minimum Gasteiger partial charge on any atom is -0.463 e. The summed E-state index contributed by atoms with van der Waals surface area (Å²) in [6.07, 6.45) is -2.86. The molecule has 0 aliphatic heterocycles. The third kappa shape index (κ3) is 3.97. The van der Waals surface area contributed by atoms with E-state index in [1.807, 2.05) is 0 Å². The Morgan fingerprint density at radius 3 is 2.58 bits per heavy atom. The number of rotatable bonds is 3. The van der Waals surface area contributed by atoms with Gasteiger partial charge in [-0.25, -0.2) is 9.18 Å². The van der Waals surface area contributed by atoms with Gasteiger partial charge in [0.15, 0.2) is 0 Å². The molecular formula is C12H11F4NO2. The molecular weight excluding hydrogens is 266 g/mol. The fourth-order valence-corrected chi connectivity index (χ4v) is 1.32. The smallest absolute Gasteiger partial charge is 0.419 e. The number of nitrogens with two attached hydrogens (primary N) is 1. The van der Waals surface area contributed by atoms with Gasteiger partial charge in [-0.15, -0.1) is 0 Å². The second-order valence-corrected chi connectivity index (χ2v) is 3.54. The minimum absolute atomic E-state index is 0.109. The van der Waals surface area contributed by atoms with Crippen LogP contribution in [0.4, 0.5) is 23.2 Å². The molecule has 19 heavy (non-hydrogen) atoms. The lowest BCUT2D eigenvalue weighted by atomic mass is 10.1. The molecule has 2 N–H and O–H groups in total. The number of benzene rings is 1. The van der Waals surface area contributed by atoms with Crippen molar-refractivity contribution in [1.29, 1.82) is 0 Å². The first-order valence-electron chi connectivity index (χ1n) is 5.26. The lowest BCUT2D eigenvalue weighted by Gasteiger charge is -2.10. The molecule has 0 bridgehead atoms. The molecule has 0 aromatic heterocycles. The SMILES string of the molecule is CCOC(=O)C=Cc1cc(C(F)(F)F)c(F)cc1N. The van der Waals surface area contributed by atoms with Gasteiger partial charge in [-0.3, -0.25) is 0 Å². The number of esters is 1. The molecule has 0 unspecified atom stereocenters. The minimum atomic E-state index is -4.83. The second-order valence-electron chi connectivity index (χ2n) is 3.54. The van der Waals surface area contributed by atoms with Crippen LogP contribution < -0.4 is 5.73 Å². The summed E-state index contributed by atoms with van der Waals surface area (Å²) < 4.78 is 55.1. The van der Waals surface area contributed by atoms with Gasteiger partial charge in [-0.2, -0.15) is 13.2 Å². The van der Waals surface area contributed by atoms with Crippen LogP contribution in [0.3, 0.4) is 0 Å². The van der Waals surface area contributed by atoms with E-state index in [0.29, 0.717) is 12.1 Å². The standard InChI is InChI=1S/C12H11F4NO2/c1-2-19-11(18)4-3-7-5-8(12(14,15)16)9(13)6-10(7)17/h3-6H,2,17H2,1H3. The molecule has 104 valence electrons. The van der Waals surface area contributed by atoms with Crippen LogP contribution in [0.15, 0.2) is 18.2 Å². The number of carbonyl (C=O) groups excluding carboxylic acids is 1. The third-order valence-corrected chi connectivity index (χ3v) is 2.16. The Hall–Kier alpha value is -2.05. The van der Waals surface area contributed by atoms with Gasteiger partial charge < -0.3 is 10.5 Å². The summed E-state index contributed by atoms with van der Waals surface area (Å²) in [7, 11) is 0. The van der Waals surface area contributed by atoms with Crippen LogP contribution in [0, 0.1) is 5.82 Å². The predicted octanol–water partition coefficient (Wildman–Crippen LogP) is 3.00. The predicted molar refractivity (Wildman–Crippen MR) is 61.5 cm³/mol. The van der Waals surface area contributed by atoms with Gasteiger partial charge in [0.2, 0.25) is 0 Å². The molecule has 0 saturated heterocycles. The van der Waals surface area contributed by atoms with Crippen LogP contribution >= 0.6 is 0 Å². The number of carbonyl (C=O) groups is 1. The van der Waals surface area contributed by atoms with Gasteiger partial charge in [-0.05, 0) is 30.7 Å². The maximum Gasteiger partial charge on any atom is 0.419 e. The highest BCUT2D eigenvalue weighted by molar-refractivity contribution is 5.88. The fourth-order valence-electron chi connectivity index (χ4n) is 1.32. The zero-order valence-corrected chi connectivity index (χ0v) is 9.92. The summed E-state index contributed by atoms with van der Waals surface area (Å²) >= 11 is 0. The van der Waals surface area contributed by atoms with Gasteiger partial charge >= 0.3 is 12.1 Å². The molecule has 0 aliphatic carbocycles. The van der Waals surface area contributed by atoms with Gasteiger partial charge in [0.05, 0.1) is 12.2 Å². The molecule has 1 aromatic carbocycles. The van der Waals surface area contributed by atoms with Crippen molar-refractivity contribution in [2.75, 3.05) is 12.3 Å². The van der Waals surface area contributed by atoms with Crippen molar-refractivity contribution in [3.63, 3.8) is 0 Å². The van der Waals surface area contributed by atoms with Gasteiger partial charge in [-0.1, -0.05) is 0 Å². The molecule has 0 fully saturated rings. The number of ether oxygens (including phenoxy) is 1. The van der Waals surface area contributed by atoms with Crippen molar-refractivity contribution in [1.82, 2.24) is 0 Å². The summed E-state index contributed by atoms with van der Waals surface area (Å²) in [5.41, 5.74) is 3.63. The monoisotopic (exact) mass is 277 g/mol. The largest absolute Gasteiger partial charge is 0.463 e. The van der Waals surface area contributed by atoms with Crippen LogP contribution in [0.2, 0.25) is 0 Å². The maximum absolute atomic E-state index is 13.1. The van der Waals surface area contributed by atoms with E-state index in [2.05, 4.69) is 4.74 Å². The van der Waals surface area contributed by atoms with E-state index >= 15 is 0 Å². The van der Waals surface area contributed by atoms with Gasteiger partial charge in [0.1, 0.15) is 5.82 Å². The average Bonchev–Trinajstić information content (AvgIpc) is 2.26. The van der Waals surface area contributed by atoms with E-state index in [4.69, 9.17) is 5.73 Å². The molecule has 0 saturated carbocycles. The van der Waals surface area contributed by atoms with Crippen LogP contribution in [-0.2, 0) is 15.7 Å². The normalized spacial score (nSPS) is 11.8. The summed E-state index contributed by atoms with van der Waals surface area (Å²) in [5.74, 6) is -2.18. The average molecular weight is 277 g/mol. The van der Waals surface area contributed by atoms with Crippen LogP contribution in [-0.4, -0.2) is 12.6 Å². The van der Waals surface area contributed by atoms with Crippen LogP contribution in [0.25, 0.3) is 6.08 Å². The molecule has 0 aliphatic rings. The van der Waals surface area contributed by atoms with Crippen molar-refractivity contribution < 1.29 is 27.1 Å². The molecule has 0 spiro atoms. The van der Waals surface area contributed by atoms with E-state index in [1.54, 1.807) is 6.92 Å². The van der Waals surface area contributed by atoms with Crippen molar-refractivity contribution in [2.45, 2.75) is 13.1 Å². The molecule has 3 nitrogen and oxygen atoms in total. The third-order valence-electron chi connectivity index (χ3n) is 2.16. The first-order valence-corrected chi connectivity index (χ1v) is 5.26. The number of alkyl halides is 3. The highest BCUT2D eigenvalue weighted by Crippen LogP contribution is 2.33. The molecule has 0 heterocycles. The summed E-state index contributed by atoms with van der Waals surface area (Å²) in [6, 6.07) is 1.11. The van der Waals surface area contributed by atoms with Gasteiger partial charge in [0, 0.05) is 11.8 Å². The molecule has 7 heteroatoms. The number of halogens is 4.